The summed E-state index contributed by atoms with van der Waals surface area (Å²) in [5.41, 5.74) is 1.79. The zero-order valence-electron chi connectivity index (χ0n) is 14.7. The molecular weight excluding hydrogens is 430 g/mol. The number of aromatic amines is 1. The zero-order chi connectivity index (χ0) is 18.7. The normalized spacial score (nSPS) is 10.6. The Morgan fingerprint density at radius 2 is 1.89 bits per heavy atom. The molecule has 0 amide bonds. The van der Waals surface area contributed by atoms with Crippen LogP contribution in [-0.4, -0.2) is 36.3 Å². The molecule has 0 radical (unpaired) electrons. The minimum atomic E-state index is -2.63. The summed E-state index contributed by atoms with van der Waals surface area (Å²) in [6, 6.07) is 9.27. The molecule has 2 N–H and O–H groups in total. The molecule has 0 bridgehead atoms. The molecule has 3 aromatic rings. The largest absolute Gasteiger partial charge is 0.352 e. The average molecular weight is 449 g/mol. The van der Waals surface area contributed by atoms with Crippen LogP contribution < -0.4 is 10.9 Å². The number of nitrogens with zero attached hydrogens (tertiary/aromatic N) is 2. The SMILES string of the molecule is CN(CCc1ccc(F)c(Nc2ccnc3[nH]c(=O)ccc23)c1)[SH](=O)=O.Cl.Cl. The highest BCUT2D eigenvalue weighted by molar-refractivity contribution is 7.69. The number of halogens is 3. The third-order valence-electron chi connectivity index (χ3n) is 3.94. The first-order valence-electron chi connectivity index (χ1n) is 7.83. The third-order valence-corrected chi connectivity index (χ3v) is 4.69. The number of likely N-dealkylation sites (N-methyl/N-ethyl adjacent to an activating group) is 1. The van der Waals surface area contributed by atoms with Gasteiger partial charge in [0.2, 0.25) is 16.4 Å². The standard InChI is InChI=1S/C17H17FN4O3S.2ClH/c1-22(26(24)25)9-7-11-2-4-13(18)15(10-11)20-14-6-8-19-17-12(14)3-5-16(23)21-17;;/h2-6,8,10,26H,7,9H2,1H3,(H2,19,20,21,23);2*1H. The van der Waals surface area contributed by atoms with Crippen molar-refractivity contribution in [3.05, 3.63) is 64.3 Å². The zero-order valence-corrected chi connectivity index (χ0v) is 17.2. The fourth-order valence-corrected chi connectivity index (χ4v) is 2.77. The van der Waals surface area contributed by atoms with Crippen molar-refractivity contribution in [2.24, 2.45) is 0 Å². The lowest BCUT2D eigenvalue weighted by Gasteiger charge is -2.13. The molecule has 0 aliphatic carbocycles. The van der Waals surface area contributed by atoms with E-state index in [1.165, 1.54) is 29.7 Å². The summed E-state index contributed by atoms with van der Waals surface area (Å²) >= 11 is 0. The van der Waals surface area contributed by atoms with Gasteiger partial charge in [-0.25, -0.2) is 22.1 Å². The fraction of sp³-hybridized carbons (Fsp3) is 0.176. The highest BCUT2D eigenvalue weighted by Crippen LogP contribution is 2.26. The van der Waals surface area contributed by atoms with Gasteiger partial charge in [-0.15, -0.1) is 24.8 Å². The number of rotatable bonds is 6. The van der Waals surface area contributed by atoms with E-state index >= 15 is 0 Å². The van der Waals surface area contributed by atoms with Gasteiger partial charge in [0.15, 0.2) is 0 Å². The summed E-state index contributed by atoms with van der Waals surface area (Å²) in [7, 11) is -1.14. The van der Waals surface area contributed by atoms with E-state index in [1.807, 2.05) is 0 Å². The van der Waals surface area contributed by atoms with Crippen LogP contribution in [0.25, 0.3) is 11.0 Å². The molecule has 28 heavy (non-hydrogen) atoms. The number of anilines is 2. The molecule has 0 saturated heterocycles. The molecule has 152 valence electrons. The highest BCUT2D eigenvalue weighted by Gasteiger charge is 2.09. The Morgan fingerprint density at radius 3 is 2.61 bits per heavy atom. The number of benzene rings is 1. The molecule has 2 heterocycles. The second kappa shape index (κ2) is 10.4. The van der Waals surface area contributed by atoms with Crippen molar-refractivity contribution in [2.45, 2.75) is 6.42 Å². The Bertz CT molecular complexity index is 1080. The number of hydrogen-bond donors (Lipinski definition) is 3. The molecule has 1 aromatic carbocycles. The smallest absolute Gasteiger partial charge is 0.249 e. The molecular formula is C17H19Cl2FN4O3S. The summed E-state index contributed by atoms with van der Waals surface area (Å²) in [5, 5.41) is 3.67. The van der Waals surface area contributed by atoms with Crippen LogP contribution in [0.3, 0.4) is 0 Å². The summed E-state index contributed by atoms with van der Waals surface area (Å²) in [5.74, 6) is -0.439. The number of thiol groups is 1. The Kier molecular flexibility index (Phi) is 8.83. The van der Waals surface area contributed by atoms with Crippen LogP contribution in [0.15, 0.2) is 47.4 Å². The minimum Gasteiger partial charge on any atom is -0.352 e. The van der Waals surface area contributed by atoms with Crippen LogP contribution >= 0.6 is 24.8 Å². The van der Waals surface area contributed by atoms with Crippen LogP contribution in [0.4, 0.5) is 15.8 Å². The van der Waals surface area contributed by atoms with Crippen molar-refractivity contribution in [1.82, 2.24) is 14.3 Å². The van der Waals surface area contributed by atoms with Gasteiger partial charge in [0, 0.05) is 31.2 Å². The van der Waals surface area contributed by atoms with Crippen LogP contribution in [0.2, 0.25) is 0 Å². The molecule has 2 aromatic heterocycles. The Labute approximate surface area is 174 Å². The van der Waals surface area contributed by atoms with Gasteiger partial charge in [0.25, 0.3) is 0 Å². The maximum Gasteiger partial charge on any atom is 0.249 e. The Balaban J connectivity index is 0.00000196. The lowest BCUT2D eigenvalue weighted by molar-refractivity contribution is 0.492. The van der Waals surface area contributed by atoms with E-state index in [-0.39, 0.29) is 36.1 Å². The van der Waals surface area contributed by atoms with Crippen LogP contribution in [-0.2, 0) is 17.3 Å². The predicted octanol–water partition coefficient (Wildman–Crippen LogP) is 2.65. The van der Waals surface area contributed by atoms with E-state index < -0.39 is 16.7 Å². The average Bonchev–Trinajstić information content (AvgIpc) is 2.61. The first kappa shape index (κ1) is 23.8. The minimum absolute atomic E-state index is 0. The van der Waals surface area contributed by atoms with Gasteiger partial charge in [-0.05, 0) is 36.2 Å². The van der Waals surface area contributed by atoms with Gasteiger partial charge in [-0.1, -0.05) is 6.07 Å². The summed E-state index contributed by atoms with van der Waals surface area (Å²) in [6.07, 6.45) is 1.97. The van der Waals surface area contributed by atoms with Crippen molar-refractivity contribution in [3.63, 3.8) is 0 Å². The molecule has 0 atom stereocenters. The second-order valence-electron chi connectivity index (χ2n) is 5.75. The maximum absolute atomic E-state index is 14.2. The molecule has 0 saturated carbocycles. The van der Waals surface area contributed by atoms with Crippen LogP contribution in [0, 0.1) is 5.82 Å². The topological polar surface area (TPSA) is 95.2 Å². The van der Waals surface area contributed by atoms with E-state index in [0.717, 1.165) is 5.56 Å². The van der Waals surface area contributed by atoms with E-state index in [1.54, 1.807) is 24.3 Å². The lowest BCUT2D eigenvalue weighted by atomic mass is 10.1. The van der Waals surface area contributed by atoms with Gasteiger partial charge in [0.05, 0.1) is 11.4 Å². The quantitative estimate of drug-likeness (QED) is 0.503. The molecule has 0 unspecified atom stereocenters. The fourth-order valence-electron chi connectivity index (χ4n) is 2.51. The van der Waals surface area contributed by atoms with Crippen molar-refractivity contribution >= 4 is 58.1 Å². The van der Waals surface area contributed by atoms with Crippen molar-refractivity contribution < 1.29 is 12.8 Å². The first-order valence-corrected chi connectivity index (χ1v) is 8.96. The lowest BCUT2D eigenvalue weighted by Crippen LogP contribution is -2.19. The second-order valence-corrected chi connectivity index (χ2v) is 6.91. The molecule has 11 heteroatoms. The van der Waals surface area contributed by atoms with Gasteiger partial charge in [-0.3, -0.25) is 4.79 Å². The molecule has 7 nitrogen and oxygen atoms in total. The monoisotopic (exact) mass is 448 g/mol. The number of nitrogens with one attached hydrogen (secondary N) is 2. The summed E-state index contributed by atoms with van der Waals surface area (Å²) in [6.45, 7) is 0.309. The summed E-state index contributed by atoms with van der Waals surface area (Å²) < 4.78 is 37.2. The van der Waals surface area contributed by atoms with E-state index in [0.29, 0.717) is 29.7 Å². The van der Waals surface area contributed by atoms with Crippen LogP contribution in [0.5, 0.6) is 0 Å². The van der Waals surface area contributed by atoms with E-state index in [2.05, 4.69) is 15.3 Å². The number of H-pyrrole nitrogens is 1. The molecule has 0 aliphatic heterocycles. The highest BCUT2D eigenvalue weighted by atomic mass is 35.5. The first-order chi connectivity index (χ1) is 12.4. The van der Waals surface area contributed by atoms with E-state index in [9.17, 15) is 17.6 Å². The van der Waals surface area contributed by atoms with Crippen molar-refractivity contribution in [3.8, 4) is 0 Å². The van der Waals surface area contributed by atoms with E-state index in [4.69, 9.17) is 0 Å². The Hall–Kier alpha value is -2.20. The van der Waals surface area contributed by atoms with Gasteiger partial charge < -0.3 is 10.3 Å². The number of pyridine rings is 2. The van der Waals surface area contributed by atoms with Crippen molar-refractivity contribution in [2.75, 3.05) is 18.9 Å². The number of fused-ring (bicyclic) bond motifs is 1. The van der Waals surface area contributed by atoms with Gasteiger partial charge in [0.1, 0.15) is 11.5 Å². The van der Waals surface area contributed by atoms with Crippen LogP contribution in [0.1, 0.15) is 5.56 Å². The molecule has 0 fully saturated rings. The van der Waals surface area contributed by atoms with Gasteiger partial charge >= 0.3 is 0 Å². The summed E-state index contributed by atoms with van der Waals surface area (Å²) in [4.78, 5) is 18.1. The molecule has 0 aliphatic rings. The maximum atomic E-state index is 14.2. The predicted molar refractivity (Wildman–Crippen MR) is 113 cm³/mol. The third kappa shape index (κ3) is 5.65. The van der Waals surface area contributed by atoms with Gasteiger partial charge in [-0.2, -0.15) is 0 Å². The number of aromatic nitrogens is 2. The molecule has 0 spiro atoms. The number of hydrogen-bond acceptors (Lipinski definition) is 5. The van der Waals surface area contributed by atoms with Crippen molar-refractivity contribution in [1.29, 1.82) is 0 Å². The molecule has 3 rings (SSSR count). The Morgan fingerprint density at radius 1 is 1.14 bits per heavy atom.